The number of carbonyl (C=O) groups is 1. The SMILES string of the molecule is COc1ccc(C2CCCN2C(=O)CN(C)c2ccccc2)cc1OC. The summed E-state index contributed by atoms with van der Waals surface area (Å²) in [4.78, 5) is 16.9. The number of para-hydroxylation sites is 1. The van der Waals surface area contributed by atoms with Crippen LogP contribution in [0.1, 0.15) is 24.4 Å². The van der Waals surface area contributed by atoms with Crippen molar-refractivity contribution in [3.05, 3.63) is 54.1 Å². The predicted octanol–water partition coefficient (Wildman–Crippen LogP) is 3.50. The summed E-state index contributed by atoms with van der Waals surface area (Å²) in [6.45, 7) is 1.16. The molecule has 3 rings (SSSR count). The standard InChI is InChI=1S/C21H26N2O3/c1-22(17-8-5-4-6-9-17)15-21(24)23-13-7-10-18(23)16-11-12-19(25-2)20(14-16)26-3/h4-6,8-9,11-12,14,18H,7,10,13,15H2,1-3H3. The summed E-state index contributed by atoms with van der Waals surface area (Å²) in [5.41, 5.74) is 2.14. The van der Waals surface area contributed by atoms with Crippen LogP contribution in [-0.4, -0.2) is 45.2 Å². The number of ether oxygens (including phenoxy) is 2. The lowest BCUT2D eigenvalue weighted by molar-refractivity contribution is -0.130. The summed E-state index contributed by atoms with van der Waals surface area (Å²) >= 11 is 0. The van der Waals surface area contributed by atoms with Crippen molar-refractivity contribution in [2.24, 2.45) is 0 Å². The Morgan fingerprint density at radius 1 is 1.12 bits per heavy atom. The number of hydrogen-bond acceptors (Lipinski definition) is 4. The third-order valence-electron chi connectivity index (χ3n) is 4.93. The van der Waals surface area contributed by atoms with Crippen LogP contribution in [0.15, 0.2) is 48.5 Å². The lowest BCUT2D eigenvalue weighted by atomic mass is 10.0. The second-order valence-electron chi connectivity index (χ2n) is 6.55. The summed E-state index contributed by atoms with van der Waals surface area (Å²) < 4.78 is 10.7. The summed E-state index contributed by atoms with van der Waals surface area (Å²) in [5.74, 6) is 1.55. The number of hydrogen-bond donors (Lipinski definition) is 0. The minimum Gasteiger partial charge on any atom is -0.493 e. The Morgan fingerprint density at radius 3 is 2.54 bits per heavy atom. The highest BCUT2D eigenvalue weighted by Crippen LogP contribution is 2.37. The van der Waals surface area contributed by atoms with Crippen molar-refractivity contribution in [3.8, 4) is 11.5 Å². The fraction of sp³-hybridized carbons (Fsp3) is 0.381. The number of anilines is 1. The van der Waals surface area contributed by atoms with Gasteiger partial charge >= 0.3 is 0 Å². The molecule has 5 nitrogen and oxygen atoms in total. The highest BCUT2D eigenvalue weighted by molar-refractivity contribution is 5.82. The van der Waals surface area contributed by atoms with Crippen LogP contribution in [0, 0.1) is 0 Å². The van der Waals surface area contributed by atoms with E-state index in [4.69, 9.17) is 9.47 Å². The second kappa shape index (κ2) is 8.13. The molecule has 1 atom stereocenters. The van der Waals surface area contributed by atoms with Gasteiger partial charge in [0.25, 0.3) is 0 Å². The first-order valence-electron chi connectivity index (χ1n) is 8.91. The van der Waals surface area contributed by atoms with Gasteiger partial charge in [-0.25, -0.2) is 0 Å². The Morgan fingerprint density at radius 2 is 1.85 bits per heavy atom. The summed E-state index contributed by atoms with van der Waals surface area (Å²) in [6.07, 6.45) is 1.98. The van der Waals surface area contributed by atoms with Crippen molar-refractivity contribution in [2.75, 3.05) is 39.3 Å². The topological polar surface area (TPSA) is 42.0 Å². The quantitative estimate of drug-likeness (QED) is 0.796. The van der Waals surface area contributed by atoms with Crippen LogP contribution in [0.25, 0.3) is 0 Å². The van der Waals surface area contributed by atoms with Crippen molar-refractivity contribution >= 4 is 11.6 Å². The van der Waals surface area contributed by atoms with Gasteiger partial charge in [0.05, 0.1) is 26.8 Å². The van der Waals surface area contributed by atoms with Crippen LogP contribution in [0.3, 0.4) is 0 Å². The molecule has 2 aromatic rings. The highest BCUT2D eigenvalue weighted by atomic mass is 16.5. The lowest BCUT2D eigenvalue weighted by Crippen LogP contribution is -2.38. The third kappa shape index (κ3) is 3.77. The van der Waals surface area contributed by atoms with Crippen LogP contribution < -0.4 is 14.4 Å². The number of rotatable bonds is 6. The number of likely N-dealkylation sites (tertiary alicyclic amines) is 1. The van der Waals surface area contributed by atoms with Crippen LogP contribution in [-0.2, 0) is 4.79 Å². The molecule has 1 amide bonds. The first-order valence-corrected chi connectivity index (χ1v) is 8.91. The van der Waals surface area contributed by atoms with E-state index in [1.165, 1.54) is 0 Å². The molecule has 1 fully saturated rings. The zero-order chi connectivity index (χ0) is 18.5. The van der Waals surface area contributed by atoms with E-state index in [2.05, 4.69) is 0 Å². The molecule has 0 aromatic heterocycles. The van der Waals surface area contributed by atoms with Crippen LogP contribution in [0.4, 0.5) is 5.69 Å². The number of methoxy groups -OCH3 is 2. The number of benzene rings is 2. The average molecular weight is 354 g/mol. The van der Waals surface area contributed by atoms with Crippen LogP contribution in [0.2, 0.25) is 0 Å². The van der Waals surface area contributed by atoms with Gasteiger partial charge in [-0.2, -0.15) is 0 Å². The van der Waals surface area contributed by atoms with Gasteiger partial charge in [0.1, 0.15) is 0 Å². The maximum atomic E-state index is 12.9. The Bertz CT molecular complexity index is 748. The fourth-order valence-corrected chi connectivity index (χ4v) is 3.54. The molecule has 138 valence electrons. The van der Waals surface area contributed by atoms with Gasteiger partial charge in [-0.05, 0) is 42.7 Å². The van der Waals surface area contributed by atoms with Gasteiger partial charge in [-0.1, -0.05) is 24.3 Å². The van der Waals surface area contributed by atoms with E-state index in [0.29, 0.717) is 18.0 Å². The zero-order valence-corrected chi connectivity index (χ0v) is 15.6. The Kier molecular flexibility index (Phi) is 5.66. The molecule has 1 unspecified atom stereocenters. The Labute approximate surface area is 155 Å². The molecular weight excluding hydrogens is 328 g/mol. The van der Waals surface area contributed by atoms with E-state index in [0.717, 1.165) is 30.6 Å². The number of nitrogens with zero attached hydrogens (tertiary/aromatic N) is 2. The van der Waals surface area contributed by atoms with Gasteiger partial charge in [-0.15, -0.1) is 0 Å². The van der Waals surface area contributed by atoms with Crippen molar-refractivity contribution in [1.29, 1.82) is 0 Å². The minimum atomic E-state index is 0.0893. The van der Waals surface area contributed by atoms with Crippen molar-refractivity contribution in [1.82, 2.24) is 4.90 Å². The predicted molar refractivity (Wildman–Crippen MR) is 103 cm³/mol. The van der Waals surface area contributed by atoms with E-state index >= 15 is 0 Å². The third-order valence-corrected chi connectivity index (χ3v) is 4.93. The summed E-state index contributed by atoms with van der Waals surface area (Å²) in [7, 11) is 5.21. The van der Waals surface area contributed by atoms with Crippen molar-refractivity contribution < 1.29 is 14.3 Å². The maximum Gasteiger partial charge on any atom is 0.242 e. The number of amides is 1. The van der Waals surface area contributed by atoms with Gasteiger partial charge in [0.2, 0.25) is 5.91 Å². The molecule has 0 spiro atoms. The Balaban J connectivity index is 1.74. The van der Waals surface area contributed by atoms with Gasteiger partial charge in [-0.3, -0.25) is 4.79 Å². The molecule has 1 aliphatic heterocycles. The molecule has 0 bridgehead atoms. The number of likely N-dealkylation sites (N-methyl/N-ethyl adjacent to an activating group) is 1. The lowest BCUT2D eigenvalue weighted by Gasteiger charge is -2.28. The highest BCUT2D eigenvalue weighted by Gasteiger charge is 2.30. The molecule has 5 heteroatoms. The van der Waals surface area contributed by atoms with E-state index in [1.807, 2.05) is 65.4 Å². The van der Waals surface area contributed by atoms with Gasteiger partial charge in [0, 0.05) is 19.3 Å². The van der Waals surface area contributed by atoms with Gasteiger partial charge < -0.3 is 19.3 Å². The molecule has 1 saturated heterocycles. The smallest absolute Gasteiger partial charge is 0.242 e. The maximum absolute atomic E-state index is 12.9. The molecule has 0 radical (unpaired) electrons. The van der Waals surface area contributed by atoms with Gasteiger partial charge in [0.15, 0.2) is 11.5 Å². The normalized spacial score (nSPS) is 16.4. The Hall–Kier alpha value is -2.69. The van der Waals surface area contributed by atoms with Crippen LogP contribution in [0.5, 0.6) is 11.5 Å². The van der Waals surface area contributed by atoms with Crippen molar-refractivity contribution in [2.45, 2.75) is 18.9 Å². The molecule has 1 heterocycles. The average Bonchev–Trinajstić information content (AvgIpc) is 3.18. The first-order chi connectivity index (χ1) is 12.6. The number of carbonyl (C=O) groups excluding carboxylic acids is 1. The van der Waals surface area contributed by atoms with E-state index in [1.54, 1.807) is 14.2 Å². The monoisotopic (exact) mass is 354 g/mol. The summed E-state index contributed by atoms with van der Waals surface area (Å²) in [6, 6.07) is 16.0. The largest absolute Gasteiger partial charge is 0.493 e. The van der Waals surface area contributed by atoms with E-state index in [9.17, 15) is 4.79 Å². The molecule has 2 aromatic carbocycles. The van der Waals surface area contributed by atoms with E-state index in [-0.39, 0.29) is 11.9 Å². The fourth-order valence-electron chi connectivity index (χ4n) is 3.54. The molecule has 0 saturated carbocycles. The van der Waals surface area contributed by atoms with Crippen molar-refractivity contribution in [3.63, 3.8) is 0 Å². The molecule has 1 aliphatic rings. The first kappa shape index (κ1) is 18.1. The minimum absolute atomic E-state index is 0.0893. The second-order valence-corrected chi connectivity index (χ2v) is 6.55. The molecule has 0 aliphatic carbocycles. The molecule has 0 N–H and O–H groups in total. The van der Waals surface area contributed by atoms with Crippen LogP contribution >= 0.6 is 0 Å². The zero-order valence-electron chi connectivity index (χ0n) is 15.6. The van der Waals surface area contributed by atoms with E-state index < -0.39 is 0 Å². The molecular formula is C21H26N2O3. The molecule has 26 heavy (non-hydrogen) atoms. The summed E-state index contributed by atoms with van der Waals surface area (Å²) in [5, 5.41) is 0.